The van der Waals surface area contributed by atoms with Crippen molar-refractivity contribution >= 4 is 5.97 Å². The summed E-state index contributed by atoms with van der Waals surface area (Å²) in [7, 11) is 0. The molecular formula is C28H30O6. The minimum absolute atomic E-state index is 0.275. The molecule has 6 nitrogen and oxygen atoms in total. The van der Waals surface area contributed by atoms with Crippen LogP contribution in [0.5, 0.6) is 0 Å². The fourth-order valence-corrected chi connectivity index (χ4v) is 3.86. The minimum atomic E-state index is -0.882. The molecule has 3 aromatic carbocycles. The van der Waals surface area contributed by atoms with Crippen molar-refractivity contribution in [2.45, 2.75) is 51.3 Å². The first kappa shape index (κ1) is 24.1. The van der Waals surface area contributed by atoms with Crippen molar-refractivity contribution in [3.8, 4) is 0 Å². The molecule has 6 heteroatoms. The van der Waals surface area contributed by atoms with E-state index in [1.54, 1.807) is 0 Å². The molecule has 1 aliphatic rings. The van der Waals surface area contributed by atoms with E-state index in [2.05, 4.69) is 0 Å². The zero-order valence-electron chi connectivity index (χ0n) is 19.2. The number of ether oxygens (including phenoxy) is 5. The highest BCUT2D eigenvalue weighted by Crippen LogP contribution is 2.30. The van der Waals surface area contributed by atoms with Crippen LogP contribution in [0.4, 0.5) is 0 Å². The molecule has 1 fully saturated rings. The van der Waals surface area contributed by atoms with E-state index in [1.165, 1.54) is 6.92 Å². The van der Waals surface area contributed by atoms with Crippen LogP contribution in [-0.2, 0) is 48.3 Å². The number of carbonyl (C=O) groups is 1. The highest BCUT2D eigenvalue weighted by molar-refractivity contribution is 5.66. The Hall–Kier alpha value is -3.03. The SMILES string of the molecule is CC(=O)O[C@H]1O[C@H](COCc2ccccc2)[C@H](OCc2ccccc2)[C@@H]1OCc1ccccc1. The van der Waals surface area contributed by atoms with Crippen LogP contribution in [0.25, 0.3) is 0 Å². The van der Waals surface area contributed by atoms with Crippen molar-refractivity contribution in [3.05, 3.63) is 108 Å². The zero-order chi connectivity index (χ0) is 23.6. The Morgan fingerprint density at radius 2 is 1.18 bits per heavy atom. The largest absolute Gasteiger partial charge is 0.433 e. The third-order valence-corrected chi connectivity index (χ3v) is 5.51. The molecule has 178 valence electrons. The van der Waals surface area contributed by atoms with Crippen molar-refractivity contribution in [1.29, 1.82) is 0 Å². The van der Waals surface area contributed by atoms with E-state index in [1.807, 2.05) is 91.0 Å². The van der Waals surface area contributed by atoms with Gasteiger partial charge in [0.1, 0.15) is 18.3 Å². The monoisotopic (exact) mass is 462 g/mol. The lowest BCUT2D eigenvalue weighted by Crippen LogP contribution is -2.40. The molecule has 0 unspecified atom stereocenters. The molecule has 1 saturated heterocycles. The maximum atomic E-state index is 11.8. The van der Waals surface area contributed by atoms with Crippen LogP contribution in [0.15, 0.2) is 91.0 Å². The van der Waals surface area contributed by atoms with Crippen LogP contribution in [0.3, 0.4) is 0 Å². The molecule has 34 heavy (non-hydrogen) atoms. The van der Waals surface area contributed by atoms with E-state index in [0.717, 1.165) is 16.7 Å². The van der Waals surface area contributed by atoms with Crippen molar-refractivity contribution in [2.75, 3.05) is 6.61 Å². The molecule has 0 amide bonds. The van der Waals surface area contributed by atoms with E-state index >= 15 is 0 Å². The van der Waals surface area contributed by atoms with Crippen LogP contribution in [0, 0.1) is 0 Å². The van der Waals surface area contributed by atoms with E-state index in [4.69, 9.17) is 23.7 Å². The number of hydrogen-bond acceptors (Lipinski definition) is 6. The fraction of sp³-hybridized carbons (Fsp3) is 0.321. The second-order valence-corrected chi connectivity index (χ2v) is 8.18. The number of hydrogen-bond donors (Lipinski definition) is 0. The first-order chi connectivity index (χ1) is 16.7. The molecule has 0 bridgehead atoms. The second kappa shape index (κ2) is 12.4. The molecule has 0 aliphatic carbocycles. The van der Waals surface area contributed by atoms with Crippen molar-refractivity contribution in [2.24, 2.45) is 0 Å². The van der Waals surface area contributed by atoms with Crippen molar-refractivity contribution in [1.82, 2.24) is 0 Å². The highest BCUT2D eigenvalue weighted by Gasteiger charge is 2.48. The Labute approximate surface area is 200 Å². The van der Waals surface area contributed by atoms with Gasteiger partial charge < -0.3 is 23.7 Å². The lowest BCUT2D eigenvalue weighted by atomic mass is 10.1. The van der Waals surface area contributed by atoms with Crippen molar-refractivity contribution in [3.63, 3.8) is 0 Å². The molecule has 4 atom stereocenters. The Balaban J connectivity index is 1.47. The molecule has 1 heterocycles. The summed E-state index contributed by atoms with van der Waals surface area (Å²) in [4.78, 5) is 11.8. The molecular weight excluding hydrogens is 432 g/mol. The van der Waals surface area contributed by atoms with E-state index in [-0.39, 0.29) is 6.61 Å². The van der Waals surface area contributed by atoms with Gasteiger partial charge in [0.25, 0.3) is 0 Å². The molecule has 0 aromatic heterocycles. The van der Waals surface area contributed by atoms with Crippen LogP contribution in [-0.4, -0.2) is 37.2 Å². The van der Waals surface area contributed by atoms with Crippen LogP contribution in [0.2, 0.25) is 0 Å². The van der Waals surface area contributed by atoms with Gasteiger partial charge in [-0.15, -0.1) is 0 Å². The summed E-state index contributed by atoms with van der Waals surface area (Å²) in [6.45, 7) is 2.80. The summed E-state index contributed by atoms with van der Waals surface area (Å²) in [6.07, 6.45) is -2.42. The third-order valence-electron chi connectivity index (χ3n) is 5.51. The van der Waals surface area contributed by atoms with Gasteiger partial charge in [0.15, 0.2) is 0 Å². The molecule has 3 aromatic rings. The summed E-state index contributed by atoms with van der Waals surface area (Å²) in [5.74, 6) is -0.439. The summed E-state index contributed by atoms with van der Waals surface area (Å²) in [6, 6.07) is 29.7. The van der Waals surface area contributed by atoms with Gasteiger partial charge in [-0.3, -0.25) is 4.79 Å². The van der Waals surface area contributed by atoms with Gasteiger partial charge in [-0.05, 0) is 16.7 Å². The van der Waals surface area contributed by atoms with Gasteiger partial charge in [0.05, 0.1) is 26.4 Å². The smallest absolute Gasteiger partial charge is 0.305 e. The second-order valence-electron chi connectivity index (χ2n) is 8.18. The van der Waals surface area contributed by atoms with E-state index in [9.17, 15) is 4.79 Å². The van der Waals surface area contributed by atoms with E-state index in [0.29, 0.717) is 19.8 Å². The summed E-state index contributed by atoms with van der Waals surface area (Å²) >= 11 is 0. The predicted octanol–water partition coefficient (Wildman–Crippen LogP) is 4.66. The molecule has 0 saturated carbocycles. The van der Waals surface area contributed by atoms with Gasteiger partial charge in [-0.25, -0.2) is 0 Å². The minimum Gasteiger partial charge on any atom is -0.433 e. The van der Waals surface area contributed by atoms with Gasteiger partial charge in [-0.2, -0.15) is 0 Å². The quantitative estimate of drug-likeness (QED) is 0.386. The standard InChI is InChI=1S/C28H30O6/c1-21(29)33-28-27(32-19-24-15-9-4-10-16-24)26(31-18-23-13-7-3-8-14-23)25(34-28)20-30-17-22-11-5-2-6-12-22/h2-16,25-28H,17-20H2,1H3/t25-,26+,27+,28+/m1/s1. The average molecular weight is 463 g/mol. The molecule has 1 aliphatic heterocycles. The predicted molar refractivity (Wildman–Crippen MR) is 127 cm³/mol. The molecule has 0 radical (unpaired) electrons. The maximum Gasteiger partial charge on any atom is 0.305 e. The molecule has 0 spiro atoms. The van der Waals surface area contributed by atoms with Crippen molar-refractivity contribution < 1.29 is 28.5 Å². The lowest BCUT2D eigenvalue weighted by molar-refractivity contribution is -0.195. The Kier molecular flexibility index (Phi) is 8.82. The van der Waals surface area contributed by atoms with Gasteiger partial charge in [0.2, 0.25) is 6.29 Å². The van der Waals surface area contributed by atoms with Gasteiger partial charge in [0, 0.05) is 6.92 Å². The number of rotatable bonds is 11. The first-order valence-corrected chi connectivity index (χ1v) is 11.4. The Morgan fingerprint density at radius 3 is 1.68 bits per heavy atom. The maximum absolute atomic E-state index is 11.8. The Bertz CT molecular complexity index is 995. The summed E-state index contributed by atoms with van der Waals surface area (Å²) in [5, 5.41) is 0. The fourth-order valence-electron chi connectivity index (χ4n) is 3.86. The Morgan fingerprint density at radius 1 is 0.706 bits per heavy atom. The van der Waals surface area contributed by atoms with E-state index < -0.39 is 30.6 Å². The van der Waals surface area contributed by atoms with Gasteiger partial charge in [-0.1, -0.05) is 91.0 Å². The summed E-state index contributed by atoms with van der Waals surface area (Å²) in [5.41, 5.74) is 3.11. The van der Waals surface area contributed by atoms with Crippen LogP contribution in [0.1, 0.15) is 23.6 Å². The van der Waals surface area contributed by atoms with Crippen LogP contribution < -0.4 is 0 Å². The zero-order valence-corrected chi connectivity index (χ0v) is 19.2. The van der Waals surface area contributed by atoms with Crippen LogP contribution >= 0.6 is 0 Å². The topological polar surface area (TPSA) is 63.2 Å². The van der Waals surface area contributed by atoms with Gasteiger partial charge >= 0.3 is 5.97 Å². The number of carbonyl (C=O) groups excluding carboxylic acids is 1. The molecule has 4 rings (SSSR count). The third kappa shape index (κ3) is 6.98. The first-order valence-electron chi connectivity index (χ1n) is 11.4. The lowest BCUT2D eigenvalue weighted by Gasteiger charge is -2.24. The number of benzene rings is 3. The molecule has 0 N–H and O–H groups in total. The normalized spacial score (nSPS) is 21.9. The highest BCUT2D eigenvalue weighted by atomic mass is 16.7. The number of esters is 1. The summed E-state index contributed by atoms with van der Waals surface area (Å²) < 4.78 is 30.0. The average Bonchev–Trinajstić information content (AvgIpc) is 3.18.